The van der Waals surface area contributed by atoms with Gasteiger partial charge >= 0.3 is 0 Å². The summed E-state index contributed by atoms with van der Waals surface area (Å²) in [5.41, 5.74) is 6.16. The molecule has 1 aromatic heterocycles. The number of aryl methyl sites for hydroxylation is 1. The number of nitrogens with zero attached hydrogens (tertiary/aromatic N) is 1. The Kier molecular flexibility index (Phi) is 5.77. The normalized spacial score (nSPS) is 17.9. The zero-order valence-corrected chi connectivity index (χ0v) is 18.8. The standard InChI is InChI=1S/C26H30ClN3O/c1-17-2-6-22(29-26(31)19-3-4-19)14-20(17)10-13-30-11-8-18(9-12-30)24-16-28-25-7-5-21(27)15-23(24)25/h2,5-7,14-16,18-19,28H,3-4,8-13H2,1H3,(H,29,31). The predicted octanol–water partition coefficient (Wildman–Crippen LogP) is 5.90. The summed E-state index contributed by atoms with van der Waals surface area (Å²) in [5.74, 6) is 1.00. The third-order valence-corrected chi connectivity index (χ3v) is 7.20. The first-order valence-electron chi connectivity index (χ1n) is 11.5. The van der Waals surface area contributed by atoms with Crippen LogP contribution in [0.2, 0.25) is 5.02 Å². The first kappa shape index (κ1) is 20.6. The molecule has 1 aliphatic heterocycles. The second-order valence-electron chi connectivity index (χ2n) is 9.20. The summed E-state index contributed by atoms with van der Waals surface area (Å²) in [4.78, 5) is 18.1. The van der Waals surface area contributed by atoms with E-state index < -0.39 is 0 Å². The van der Waals surface area contributed by atoms with Gasteiger partial charge < -0.3 is 15.2 Å². The van der Waals surface area contributed by atoms with E-state index in [1.54, 1.807) is 0 Å². The van der Waals surface area contributed by atoms with Gasteiger partial charge in [0.15, 0.2) is 0 Å². The molecule has 2 fully saturated rings. The molecule has 2 aliphatic rings. The van der Waals surface area contributed by atoms with E-state index in [0.717, 1.165) is 49.6 Å². The van der Waals surface area contributed by atoms with E-state index in [0.29, 0.717) is 5.92 Å². The molecule has 0 unspecified atom stereocenters. The lowest BCUT2D eigenvalue weighted by atomic mass is 9.89. The van der Waals surface area contributed by atoms with E-state index >= 15 is 0 Å². The fourth-order valence-electron chi connectivity index (χ4n) is 4.81. The van der Waals surface area contributed by atoms with Gasteiger partial charge in [0.2, 0.25) is 5.91 Å². The van der Waals surface area contributed by atoms with E-state index in [9.17, 15) is 4.79 Å². The van der Waals surface area contributed by atoms with Crippen molar-refractivity contribution in [3.8, 4) is 0 Å². The number of H-pyrrole nitrogens is 1. The molecule has 5 rings (SSSR count). The monoisotopic (exact) mass is 435 g/mol. The highest BCUT2D eigenvalue weighted by Crippen LogP contribution is 2.34. The summed E-state index contributed by atoms with van der Waals surface area (Å²) < 4.78 is 0. The fourth-order valence-corrected chi connectivity index (χ4v) is 4.98. The van der Waals surface area contributed by atoms with Crippen molar-refractivity contribution in [1.29, 1.82) is 0 Å². The number of benzene rings is 2. The molecule has 2 aromatic carbocycles. The molecule has 0 radical (unpaired) electrons. The number of rotatable bonds is 6. The quantitative estimate of drug-likeness (QED) is 0.506. The molecule has 0 bridgehead atoms. The van der Waals surface area contributed by atoms with Crippen LogP contribution >= 0.6 is 11.6 Å². The van der Waals surface area contributed by atoms with Gasteiger partial charge in [0.25, 0.3) is 0 Å². The third kappa shape index (κ3) is 4.65. The highest BCUT2D eigenvalue weighted by Gasteiger charge is 2.29. The molecule has 1 aliphatic carbocycles. The van der Waals surface area contributed by atoms with Crippen LogP contribution in [0.3, 0.4) is 0 Å². The average Bonchev–Trinajstić information content (AvgIpc) is 3.55. The van der Waals surface area contributed by atoms with E-state index in [2.05, 4.69) is 52.6 Å². The number of anilines is 1. The number of piperidine rings is 1. The average molecular weight is 436 g/mol. The first-order valence-corrected chi connectivity index (χ1v) is 11.8. The molecule has 5 heteroatoms. The van der Waals surface area contributed by atoms with Crippen LogP contribution in [0, 0.1) is 12.8 Å². The maximum absolute atomic E-state index is 12.1. The number of hydrogen-bond acceptors (Lipinski definition) is 2. The Labute approximate surface area is 189 Å². The first-order chi connectivity index (χ1) is 15.1. The topological polar surface area (TPSA) is 48.1 Å². The van der Waals surface area contributed by atoms with Crippen LogP contribution < -0.4 is 5.32 Å². The lowest BCUT2D eigenvalue weighted by Gasteiger charge is -2.32. The maximum Gasteiger partial charge on any atom is 0.227 e. The molecule has 0 atom stereocenters. The molecular formula is C26H30ClN3O. The zero-order valence-electron chi connectivity index (χ0n) is 18.1. The molecule has 1 amide bonds. The molecule has 2 N–H and O–H groups in total. The van der Waals surface area contributed by atoms with E-state index in [1.165, 1.54) is 40.4 Å². The molecule has 2 heterocycles. The fraction of sp³-hybridized carbons (Fsp3) is 0.423. The number of aromatic nitrogens is 1. The van der Waals surface area contributed by atoms with Crippen molar-refractivity contribution in [3.63, 3.8) is 0 Å². The molecule has 0 spiro atoms. The maximum atomic E-state index is 12.1. The van der Waals surface area contributed by atoms with E-state index in [4.69, 9.17) is 11.6 Å². The smallest absolute Gasteiger partial charge is 0.227 e. The van der Waals surface area contributed by atoms with Crippen molar-refractivity contribution in [2.45, 2.75) is 44.9 Å². The van der Waals surface area contributed by atoms with Crippen LogP contribution in [0.25, 0.3) is 10.9 Å². The SMILES string of the molecule is Cc1ccc(NC(=O)C2CC2)cc1CCN1CCC(c2c[nH]c3ccc(Cl)cc23)CC1. The molecule has 1 saturated carbocycles. The highest BCUT2D eigenvalue weighted by atomic mass is 35.5. The van der Waals surface area contributed by atoms with E-state index in [-0.39, 0.29) is 11.8 Å². The Morgan fingerprint density at radius 1 is 1.13 bits per heavy atom. The summed E-state index contributed by atoms with van der Waals surface area (Å²) in [7, 11) is 0. The van der Waals surface area contributed by atoms with Crippen LogP contribution in [-0.4, -0.2) is 35.4 Å². The number of halogens is 1. The number of carbonyl (C=O) groups excluding carboxylic acids is 1. The third-order valence-electron chi connectivity index (χ3n) is 6.97. The second-order valence-corrected chi connectivity index (χ2v) is 9.64. The van der Waals surface area contributed by atoms with Crippen molar-refractivity contribution >= 4 is 34.1 Å². The van der Waals surface area contributed by atoms with Crippen molar-refractivity contribution in [2.24, 2.45) is 5.92 Å². The Balaban J connectivity index is 1.17. The van der Waals surface area contributed by atoms with Gasteiger partial charge in [-0.25, -0.2) is 0 Å². The van der Waals surface area contributed by atoms with Crippen molar-refractivity contribution in [2.75, 3.05) is 25.0 Å². The Morgan fingerprint density at radius 3 is 2.71 bits per heavy atom. The number of hydrogen-bond donors (Lipinski definition) is 2. The molecular weight excluding hydrogens is 406 g/mol. The van der Waals surface area contributed by atoms with Gasteiger partial charge in [0.05, 0.1) is 0 Å². The number of likely N-dealkylation sites (tertiary alicyclic amines) is 1. The molecule has 162 valence electrons. The minimum atomic E-state index is 0.176. The van der Waals surface area contributed by atoms with Crippen molar-refractivity contribution in [3.05, 3.63) is 64.3 Å². The summed E-state index contributed by atoms with van der Waals surface area (Å²) in [6.45, 7) is 5.47. The number of carbonyl (C=O) groups is 1. The van der Waals surface area contributed by atoms with Crippen molar-refractivity contribution < 1.29 is 4.79 Å². The molecule has 1 saturated heterocycles. The Morgan fingerprint density at radius 2 is 1.94 bits per heavy atom. The zero-order chi connectivity index (χ0) is 21.4. The van der Waals surface area contributed by atoms with Crippen LogP contribution in [-0.2, 0) is 11.2 Å². The van der Waals surface area contributed by atoms with Crippen LogP contribution in [0.5, 0.6) is 0 Å². The van der Waals surface area contributed by atoms with Gasteiger partial charge in [-0.3, -0.25) is 4.79 Å². The van der Waals surface area contributed by atoms with E-state index in [1.807, 2.05) is 12.1 Å². The largest absolute Gasteiger partial charge is 0.361 e. The number of aromatic amines is 1. The van der Waals surface area contributed by atoms with Gasteiger partial charge in [-0.15, -0.1) is 0 Å². The lowest BCUT2D eigenvalue weighted by molar-refractivity contribution is -0.117. The van der Waals surface area contributed by atoms with Crippen molar-refractivity contribution in [1.82, 2.24) is 9.88 Å². The Hall–Kier alpha value is -2.30. The van der Waals surface area contributed by atoms with Crippen LogP contribution in [0.15, 0.2) is 42.6 Å². The van der Waals surface area contributed by atoms with Gasteiger partial charge in [-0.2, -0.15) is 0 Å². The number of fused-ring (bicyclic) bond motifs is 1. The number of amides is 1. The van der Waals surface area contributed by atoms with Gasteiger partial charge in [-0.1, -0.05) is 17.7 Å². The van der Waals surface area contributed by atoms with Gasteiger partial charge in [0.1, 0.15) is 0 Å². The summed E-state index contributed by atoms with van der Waals surface area (Å²) in [6, 6.07) is 12.4. The summed E-state index contributed by atoms with van der Waals surface area (Å²) in [6.07, 6.45) is 7.61. The highest BCUT2D eigenvalue weighted by molar-refractivity contribution is 6.31. The lowest BCUT2D eigenvalue weighted by Crippen LogP contribution is -2.34. The molecule has 3 aromatic rings. The predicted molar refractivity (Wildman–Crippen MR) is 128 cm³/mol. The van der Waals surface area contributed by atoms with Crippen LogP contribution in [0.4, 0.5) is 5.69 Å². The minimum Gasteiger partial charge on any atom is -0.361 e. The van der Waals surface area contributed by atoms with Gasteiger partial charge in [0, 0.05) is 40.3 Å². The molecule has 31 heavy (non-hydrogen) atoms. The Bertz CT molecular complexity index is 1090. The second kappa shape index (κ2) is 8.68. The van der Waals surface area contributed by atoms with Crippen LogP contribution in [0.1, 0.15) is 48.3 Å². The number of nitrogens with one attached hydrogen (secondary N) is 2. The molecule has 4 nitrogen and oxygen atoms in total. The summed E-state index contributed by atoms with van der Waals surface area (Å²) in [5, 5.41) is 5.16. The summed E-state index contributed by atoms with van der Waals surface area (Å²) >= 11 is 6.23. The van der Waals surface area contributed by atoms with Gasteiger partial charge in [-0.05, 0) is 105 Å². The minimum absolute atomic E-state index is 0.176.